The second kappa shape index (κ2) is 9.51. The van der Waals surface area contributed by atoms with Gasteiger partial charge in [-0.15, -0.1) is 11.3 Å². The van der Waals surface area contributed by atoms with Crippen LogP contribution >= 0.6 is 11.3 Å². The Labute approximate surface area is 182 Å². The van der Waals surface area contributed by atoms with Gasteiger partial charge in [0.25, 0.3) is 5.91 Å². The van der Waals surface area contributed by atoms with Crippen molar-refractivity contribution in [3.63, 3.8) is 0 Å². The fraction of sp³-hybridized carbons (Fsp3) is 0.333. The molecule has 0 aliphatic carbocycles. The standard InChI is InChI=1S/C24H28N4OS/c1-18-22(30-24(26-18)21-9-4-3-5-10-21)23(29)25-16-19-7-6-8-20(15-19)17-28-13-11-27(2)12-14-28/h3-10,15H,11-14,16-17H2,1-2H3,(H,25,29). The minimum Gasteiger partial charge on any atom is -0.347 e. The minimum absolute atomic E-state index is 0.0587. The largest absolute Gasteiger partial charge is 0.347 e. The number of carbonyl (C=O) groups excluding carboxylic acids is 1. The first kappa shape index (κ1) is 20.7. The summed E-state index contributed by atoms with van der Waals surface area (Å²) in [5.74, 6) is -0.0587. The maximum Gasteiger partial charge on any atom is 0.263 e. The van der Waals surface area contributed by atoms with Crippen LogP contribution in [0, 0.1) is 6.92 Å². The normalized spacial score (nSPS) is 15.3. The third-order valence-electron chi connectivity index (χ3n) is 5.47. The number of rotatable bonds is 6. The van der Waals surface area contributed by atoms with Crippen molar-refractivity contribution >= 4 is 17.2 Å². The average Bonchev–Trinajstić information content (AvgIpc) is 3.16. The number of carbonyl (C=O) groups is 1. The van der Waals surface area contributed by atoms with Gasteiger partial charge in [-0.1, -0.05) is 54.6 Å². The fourth-order valence-electron chi connectivity index (χ4n) is 3.68. The molecule has 4 rings (SSSR count). The van der Waals surface area contributed by atoms with Crippen molar-refractivity contribution in [2.75, 3.05) is 33.2 Å². The van der Waals surface area contributed by atoms with E-state index >= 15 is 0 Å². The first-order chi connectivity index (χ1) is 14.6. The third kappa shape index (κ3) is 5.14. The number of hydrogen-bond donors (Lipinski definition) is 1. The van der Waals surface area contributed by atoms with Crippen molar-refractivity contribution in [2.45, 2.75) is 20.0 Å². The van der Waals surface area contributed by atoms with Crippen molar-refractivity contribution < 1.29 is 4.79 Å². The van der Waals surface area contributed by atoms with Gasteiger partial charge in [0.15, 0.2) is 0 Å². The quantitative estimate of drug-likeness (QED) is 0.659. The maximum atomic E-state index is 12.8. The van der Waals surface area contributed by atoms with E-state index in [-0.39, 0.29) is 5.91 Å². The van der Waals surface area contributed by atoms with E-state index in [9.17, 15) is 4.79 Å². The van der Waals surface area contributed by atoms with Crippen LogP contribution in [-0.4, -0.2) is 53.9 Å². The third-order valence-corrected chi connectivity index (χ3v) is 6.68. The topological polar surface area (TPSA) is 48.5 Å². The zero-order chi connectivity index (χ0) is 20.9. The van der Waals surface area contributed by atoms with Crippen LogP contribution in [0.15, 0.2) is 54.6 Å². The molecule has 0 unspecified atom stereocenters. The summed E-state index contributed by atoms with van der Waals surface area (Å²) >= 11 is 1.45. The van der Waals surface area contributed by atoms with Gasteiger partial charge in [0.05, 0.1) is 5.69 Å². The van der Waals surface area contributed by atoms with Crippen molar-refractivity contribution in [2.24, 2.45) is 0 Å². The van der Waals surface area contributed by atoms with Crippen LogP contribution < -0.4 is 5.32 Å². The van der Waals surface area contributed by atoms with Gasteiger partial charge >= 0.3 is 0 Å². The summed E-state index contributed by atoms with van der Waals surface area (Å²) in [5.41, 5.74) is 4.24. The molecular formula is C24H28N4OS. The molecule has 0 saturated carbocycles. The highest BCUT2D eigenvalue weighted by atomic mass is 32.1. The molecule has 1 aromatic heterocycles. The first-order valence-corrected chi connectivity index (χ1v) is 11.2. The maximum absolute atomic E-state index is 12.8. The summed E-state index contributed by atoms with van der Waals surface area (Å²) in [5, 5.41) is 3.95. The molecule has 2 aromatic carbocycles. The van der Waals surface area contributed by atoms with Crippen LogP contribution in [0.2, 0.25) is 0 Å². The minimum atomic E-state index is -0.0587. The molecule has 1 fully saturated rings. The molecule has 5 nitrogen and oxygen atoms in total. The van der Waals surface area contributed by atoms with Crippen LogP contribution in [0.4, 0.5) is 0 Å². The lowest BCUT2D eigenvalue weighted by atomic mass is 10.1. The molecule has 3 aromatic rings. The molecule has 1 aliphatic heterocycles. The second-order valence-corrected chi connectivity index (χ2v) is 8.88. The summed E-state index contributed by atoms with van der Waals surface area (Å²) in [6, 6.07) is 18.5. The van der Waals surface area contributed by atoms with Gasteiger partial charge in [0.1, 0.15) is 9.88 Å². The van der Waals surface area contributed by atoms with E-state index in [2.05, 4.69) is 51.4 Å². The van der Waals surface area contributed by atoms with Gasteiger partial charge in [-0.05, 0) is 25.1 Å². The summed E-state index contributed by atoms with van der Waals surface area (Å²) in [4.78, 5) is 22.9. The number of piperazine rings is 1. The second-order valence-electron chi connectivity index (χ2n) is 7.88. The Morgan fingerprint density at radius 1 is 1.03 bits per heavy atom. The molecule has 2 heterocycles. The first-order valence-electron chi connectivity index (χ1n) is 10.4. The number of likely N-dealkylation sites (N-methyl/N-ethyl adjacent to an activating group) is 1. The smallest absolute Gasteiger partial charge is 0.263 e. The number of hydrogen-bond acceptors (Lipinski definition) is 5. The molecule has 0 radical (unpaired) electrons. The summed E-state index contributed by atoms with van der Waals surface area (Å²) in [7, 11) is 2.17. The van der Waals surface area contributed by atoms with Gasteiger partial charge in [-0.2, -0.15) is 0 Å². The van der Waals surface area contributed by atoms with Crippen molar-refractivity contribution in [3.8, 4) is 10.6 Å². The molecule has 1 amide bonds. The van der Waals surface area contributed by atoms with Gasteiger partial charge in [-0.3, -0.25) is 9.69 Å². The Balaban J connectivity index is 1.37. The Morgan fingerprint density at radius 3 is 2.53 bits per heavy atom. The van der Waals surface area contributed by atoms with Crippen molar-refractivity contribution in [1.29, 1.82) is 0 Å². The average molecular weight is 421 g/mol. The molecule has 1 saturated heterocycles. The van der Waals surface area contributed by atoms with Gasteiger partial charge in [0.2, 0.25) is 0 Å². The highest BCUT2D eigenvalue weighted by Crippen LogP contribution is 2.27. The molecule has 0 atom stereocenters. The molecule has 1 aliphatic rings. The molecule has 0 bridgehead atoms. The van der Waals surface area contributed by atoms with Gasteiger partial charge in [0, 0.05) is 44.8 Å². The van der Waals surface area contributed by atoms with Gasteiger partial charge < -0.3 is 10.2 Å². The van der Waals surface area contributed by atoms with Crippen LogP contribution in [0.25, 0.3) is 10.6 Å². The van der Waals surface area contributed by atoms with E-state index in [1.165, 1.54) is 16.9 Å². The number of nitrogens with zero attached hydrogens (tertiary/aromatic N) is 3. The number of benzene rings is 2. The van der Waals surface area contributed by atoms with Crippen molar-refractivity contribution in [1.82, 2.24) is 20.1 Å². The molecular weight excluding hydrogens is 392 g/mol. The highest BCUT2D eigenvalue weighted by Gasteiger charge is 2.17. The van der Waals surface area contributed by atoms with Crippen LogP contribution in [-0.2, 0) is 13.1 Å². The van der Waals surface area contributed by atoms with Crippen molar-refractivity contribution in [3.05, 3.63) is 76.3 Å². The zero-order valence-corrected chi connectivity index (χ0v) is 18.4. The molecule has 156 valence electrons. The highest BCUT2D eigenvalue weighted by molar-refractivity contribution is 7.17. The Bertz CT molecular complexity index is 993. The number of nitrogens with one attached hydrogen (secondary N) is 1. The van der Waals surface area contributed by atoms with Crippen LogP contribution in [0.3, 0.4) is 0 Å². The molecule has 1 N–H and O–H groups in total. The lowest BCUT2D eigenvalue weighted by molar-refractivity contribution is 0.0954. The zero-order valence-electron chi connectivity index (χ0n) is 17.6. The van der Waals surface area contributed by atoms with E-state index in [1.807, 2.05) is 37.3 Å². The van der Waals surface area contributed by atoms with Crippen LogP contribution in [0.1, 0.15) is 26.5 Å². The van der Waals surface area contributed by atoms with Gasteiger partial charge in [-0.25, -0.2) is 4.98 Å². The Morgan fingerprint density at radius 2 is 1.77 bits per heavy atom. The summed E-state index contributed by atoms with van der Waals surface area (Å²) in [6.45, 7) is 7.83. The SMILES string of the molecule is Cc1nc(-c2ccccc2)sc1C(=O)NCc1cccc(CN2CCN(C)CC2)c1. The lowest BCUT2D eigenvalue weighted by Gasteiger charge is -2.32. The van der Waals surface area contributed by atoms with Crippen LogP contribution in [0.5, 0.6) is 0 Å². The summed E-state index contributed by atoms with van der Waals surface area (Å²) in [6.07, 6.45) is 0. The Hall–Kier alpha value is -2.54. The summed E-state index contributed by atoms with van der Waals surface area (Å²) < 4.78 is 0. The number of aryl methyl sites for hydroxylation is 1. The van der Waals surface area contributed by atoms with E-state index in [1.54, 1.807) is 0 Å². The molecule has 0 spiro atoms. The predicted octanol–water partition coefficient (Wildman–Crippen LogP) is 3.80. The Kier molecular flexibility index (Phi) is 6.57. The number of aromatic nitrogens is 1. The van der Waals surface area contributed by atoms with E-state index in [0.29, 0.717) is 11.4 Å². The van der Waals surface area contributed by atoms with E-state index in [4.69, 9.17) is 0 Å². The number of amides is 1. The monoisotopic (exact) mass is 420 g/mol. The molecule has 6 heteroatoms. The van der Waals surface area contributed by atoms with E-state index < -0.39 is 0 Å². The lowest BCUT2D eigenvalue weighted by Crippen LogP contribution is -2.43. The predicted molar refractivity (Wildman–Crippen MR) is 123 cm³/mol. The number of thiazole rings is 1. The fourth-order valence-corrected chi connectivity index (χ4v) is 4.66. The molecule has 30 heavy (non-hydrogen) atoms. The van der Waals surface area contributed by atoms with E-state index in [0.717, 1.165) is 54.6 Å².